The van der Waals surface area contributed by atoms with Gasteiger partial charge in [0.2, 0.25) is 0 Å². The number of nitrogens with one attached hydrogen (secondary N) is 1. The molecule has 0 aromatic heterocycles. The number of fused-ring (bicyclic) bond motifs is 1. The summed E-state index contributed by atoms with van der Waals surface area (Å²) in [6.45, 7) is 5.00. The van der Waals surface area contributed by atoms with E-state index in [0.29, 0.717) is 0 Å². The molecular formula is C17H24N2O. The Morgan fingerprint density at radius 3 is 3.00 bits per heavy atom. The van der Waals surface area contributed by atoms with Crippen LogP contribution in [0.15, 0.2) is 18.2 Å². The van der Waals surface area contributed by atoms with Crippen molar-refractivity contribution in [1.82, 2.24) is 4.90 Å². The Kier molecular flexibility index (Phi) is 3.95. The molecule has 1 aromatic rings. The Morgan fingerprint density at radius 1 is 1.40 bits per heavy atom. The average Bonchev–Trinajstić information content (AvgIpc) is 3.29. The van der Waals surface area contributed by atoms with Crippen LogP contribution in [0.2, 0.25) is 0 Å². The van der Waals surface area contributed by atoms with E-state index >= 15 is 0 Å². The summed E-state index contributed by atoms with van der Waals surface area (Å²) in [7, 11) is 0. The number of carbonyl (C=O) groups is 1. The Labute approximate surface area is 121 Å². The van der Waals surface area contributed by atoms with Gasteiger partial charge >= 0.3 is 0 Å². The van der Waals surface area contributed by atoms with E-state index < -0.39 is 0 Å². The maximum atomic E-state index is 12.9. The number of benzene rings is 1. The molecule has 1 fully saturated rings. The van der Waals surface area contributed by atoms with Crippen LogP contribution in [0.4, 0.5) is 5.69 Å². The second-order valence-corrected chi connectivity index (χ2v) is 6.06. The fraction of sp³-hybridized carbons (Fsp3) is 0.588. The zero-order chi connectivity index (χ0) is 13.9. The molecule has 0 bridgehead atoms. The van der Waals surface area contributed by atoms with Crippen molar-refractivity contribution in [2.75, 3.05) is 25.0 Å². The quantitative estimate of drug-likeness (QED) is 0.892. The third kappa shape index (κ3) is 2.82. The summed E-state index contributed by atoms with van der Waals surface area (Å²) >= 11 is 0. The van der Waals surface area contributed by atoms with Crippen molar-refractivity contribution in [2.45, 2.75) is 39.0 Å². The van der Waals surface area contributed by atoms with E-state index in [2.05, 4.69) is 23.2 Å². The molecule has 1 aliphatic heterocycles. The van der Waals surface area contributed by atoms with Gasteiger partial charge < -0.3 is 10.2 Å². The first-order valence-corrected chi connectivity index (χ1v) is 7.94. The lowest BCUT2D eigenvalue weighted by Crippen LogP contribution is -2.34. The smallest absolute Gasteiger partial charge is 0.254 e. The highest BCUT2D eigenvalue weighted by Crippen LogP contribution is 2.31. The SMILES string of the molecule is CCCN(CC1CC1)C(=O)c1cccc2c1CCCN2. The Bertz CT molecular complexity index is 494. The molecule has 1 heterocycles. The van der Waals surface area contributed by atoms with Crippen LogP contribution in [0.1, 0.15) is 48.5 Å². The minimum atomic E-state index is 0.235. The zero-order valence-corrected chi connectivity index (χ0v) is 12.3. The van der Waals surface area contributed by atoms with Crippen molar-refractivity contribution in [1.29, 1.82) is 0 Å². The summed E-state index contributed by atoms with van der Waals surface area (Å²) in [6.07, 6.45) is 5.76. The molecule has 1 N–H and O–H groups in total. The molecule has 0 radical (unpaired) electrons. The highest BCUT2D eigenvalue weighted by atomic mass is 16.2. The molecule has 3 rings (SSSR count). The molecule has 2 aliphatic rings. The van der Waals surface area contributed by atoms with Gasteiger partial charge in [-0.15, -0.1) is 0 Å². The monoisotopic (exact) mass is 272 g/mol. The lowest BCUT2D eigenvalue weighted by molar-refractivity contribution is 0.0746. The second-order valence-electron chi connectivity index (χ2n) is 6.06. The van der Waals surface area contributed by atoms with Gasteiger partial charge in [0, 0.05) is 30.9 Å². The molecule has 108 valence electrons. The van der Waals surface area contributed by atoms with Crippen molar-refractivity contribution in [3.05, 3.63) is 29.3 Å². The van der Waals surface area contributed by atoms with Crippen LogP contribution in [-0.4, -0.2) is 30.4 Å². The van der Waals surface area contributed by atoms with Crippen molar-refractivity contribution in [3.8, 4) is 0 Å². The molecule has 0 spiro atoms. The fourth-order valence-corrected chi connectivity index (χ4v) is 3.04. The van der Waals surface area contributed by atoms with E-state index in [1.807, 2.05) is 12.1 Å². The number of rotatable bonds is 5. The first-order chi connectivity index (χ1) is 9.79. The summed E-state index contributed by atoms with van der Waals surface area (Å²) in [5, 5.41) is 3.41. The van der Waals surface area contributed by atoms with Gasteiger partial charge in [-0.05, 0) is 55.7 Å². The number of hydrogen-bond acceptors (Lipinski definition) is 2. The largest absolute Gasteiger partial charge is 0.385 e. The summed E-state index contributed by atoms with van der Waals surface area (Å²) in [5.74, 6) is 0.988. The van der Waals surface area contributed by atoms with Gasteiger partial charge in [-0.25, -0.2) is 0 Å². The van der Waals surface area contributed by atoms with Crippen molar-refractivity contribution >= 4 is 11.6 Å². The Balaban J connectivity index is 1.84. The lowest BCUT2D eigenvalue weighted by Gasteiger charge is -2.26. The second kappa shape index (κ2) is 5.86. The van der Waals surface area contributed by atoms with Crippen LogP contribution in [0.3, 0.4) is 0 Å². The number of nitrogens with zero attached hydrogens (tertiary/aromatic N) is 1. The fourth-order valence-electron chi connectivity index (χ4n) is 3.04. The predicted molar refractivity (Wildman–Crippen MR) is 82.2 cm³/mol. The zero-order valence-electron chi connectivity index (χ0n) is 12.3. The summed E-state index contributed by atoms with van der Waals surface area (Å²) in [4.78, 5) is 14.9. The number of anilines is 1. The molecule has 1 saturated carbocycles. The van der Waals surface area contributed by atoms with E-state index in [0.717, 1.165) is 56.1 Å². The topological polar surface area (TPSA) is 32.3 Å². The van der Waals surface area contributed by atoms with E-state index in [1.165, 1.54) is 18.4 Å². The number of amides is 1. The first kappa shape index (κ1) is 13.5. The minimum Gasteiger partial charge on any atom is -0.385 e. The maximum Gasteiger partial charge on any atom is 0.254 e. The standard InChI is InChI=1S/C17H24N2O/c1-2-11-19(12-13-8-9-13)17(20)15-5-3-7-16-14(15)6-4-10-18-16/h3,5,7,13,18H,2,4,6,8-12H2,1H3. The Hall–Kier alpha value is -1.51. The van der Waals surface area contributed by atoms with Gasteiger partial charge in [0.05, 0.1) is 0 Å². The lowest BCUT2D eigenvalue weighted by atomic mass is 9.96. The molecule has 20 heavy (non-hydrogen) atoms. The highest BCUT2D eigenvalue weighted by Gasteiger charge is 2.28. The predicted octanol–water partition coefficient (Wildman–Crippen LogP) is 3.31. The van der Waals surface area contributed by atoms with Gasteiger partial charge in [-0.1, -0.05) is 13.0 Å². The molecule has 0 unspecified atom stereocenters. The molecular weight excluding hydrogens is 248 g/mol. The van der Waals surface area contributed by atoms with Crippen LogP contribution >= 0.6 is 0 Å². The molecule has 3 heteroatoms. The number of carbonyl (C=O) groups excluding carboxylic acids is 1. The first-order valence-electron chi connectivity index (χ1n) is 7.94. The van der Waals surface area contributed by atoms with E-state index in [9.17, 15) is 4.79 Å². The van der Waals surface area contributed by atoms with Gasteiger partial charge in [-0.2, -0.15) is 0 Å². The van der Waals surface area contributed by atoms with E-state index in [1.54, 1.807) is 0 Å². The van der Waals surface area contributed by atoms with Crippen LogP contribution in [0, 0.1) is 5.92 Å². The Morgan fingerprint density at radius 2 is 2.25 bits per heavy atom. The van der Waals surface area contributed by atoms with Crippen molar-refractivity contribution in [3.63, 3.8) is 0 Å². The number of hydrogen-bond donors (Lipinski definition) is 1. The third-order valence-electron chi connectivity index (χ3n) is 4.28. The summed E-state index contributed by atoms with van der Waals surface area (Å²) < 4.78 is 0. The van der Waals surface area contributed by atoms with Gasteiger partial charge in [0.25, 0.3) is 5.91 Å². The summed E-state index contributed by atoms with van der Waals surface area (Å²) in [6, 6.07) is 6.10. The average molecular weight is 272 g/mol. The summed E-state index contributed by atoms with van der Waals surface area (Å²) in [5.41, 5.74) is 3.30. The van der Waals surface area contributed by atoms with Crippen molar-refractivity contribution in [2.24, 2.45) is 5.92 Å². The van der Waals surface area contributed by atoms with Crippen LogP contribution in [0.5, 0.6) is 0 Å². The van der Waals surface area contributed by atoms with Gasteiger partial charge in [-0.3, -0.25) is 4.79 Å². The van der Waals surface area contributed by atoms with Crippen LogP contribution < -0.4 is 5.32 Å². The van der Waals surface area contributed by atoms with Crippen molar-refractivity contribution < 1.29 is 4.79 Å². The molecule has 1 aromatic carbocycles. The van der Waals surface area contributed by atoms with E-state index in [-0.39, 0.29) is 5.91 Å². The molecule has 3 nitrogen and oxygen atoms in total. The molecule has 1 amide bonds. The van der Waals surface area contributed by atoms with Crippen LogP contribution in [-0.2, 0) is 6.42 Å². The highest BCUT2D eigenvalue weighted by molar-refractivity contribution is 5.97. The van der Waals surface area contributed by atoms with Gasteiger partial charge in [0.15, 0.2) is 0 Å². The maximum absolute atomic E-state index is 12.9. The van der Waals surface area contributed by atoms with Gasteiger partial charge in [0.1, 0.15) is 0 Å². The third-order valence-corrected chi connectivity index (χ3v) is 4.28. The molecule has 0 saturated heterocycles. The molecule has 0 atom stereocenters. The molecule has 1 aliphatic carbocycles. The normalized spacial score (nSPS) is 17.2. The minimum absolute atomic E-state index is 0.235. The van der Waals surface area contributed by atoms with Crippen LogP contribution in [0.25, 0.3) is 0 Å². The van der Waals surface area contributed by atoms with E-state index in [4.69, 9.17) is 0 Å².